The third kappa shape index (κ3) is 3.75. The van der Waals surface area contributed by atoms with E-state index in [0.717, 1.165) is 5.56 Å². The molecule has 0 bridgehead atoms. The molecule has 0 fully saturated rings. The molecular weight excluding hydrogens is 268 g/mol. The van der Waals surface area contributed by atoms with Gasteiger partial charge in [0.1, 0.15) is 11.6 Å². The van der Waals surface area contributed by atoms with E-state index in [4.69, 9.17) is 11.6 Å². The quantitative estimate of drug-likeness (QED) is 0.872. The lowest BCUT2D eigenvalue weighted by atomic mass is 10.1. The molecule has 1 N–H and O–H groups in total. The van der Waals surface area contributed by atoms with E-state index >= 15 is 0 Å². The fraction of sp³-hybridized carbons (Fsp3) is 0.200. The fourth-order valence-electron chi connectivity index (χ4n) is 1.81. The van der Waals surface area contributed by atoms with Crippen LogP contribution in [0.25, 0.3) is 0 Å². The lowest BCUT2D eigenvalue weighted by molar-refractivity contribution is 0.543. The average molecular weight is 282 g/mol. The minimum atomic E-state index is -0.289. The molecule has 0 saturated carbocycles. The maximum Gasteiger partial charge on any atom is 0.127 e. The highest BCUT2D eigenvalue weighted by molar-refractivity contribution is 6.30. The molecule has 19 heavy (non-hydrogen) atoms. The molecule has 0 spiro atoms. The summed E-state index contributed by atoms with van der Waals surface area (Å²) in [5.41, 5.74) is 1.46. The number of rotatable bonds is 4. The molecule has 1 nitrogen and oxygen atoms in total. The third-order valence-electron chi connectivity index (χ3n) is 2.98. The lowest BCUT2D eigenvalue weighted by Gasteiger charge is -2.14. The van der Waals surface area contributed by atoms with Gasteiger partial charge in [0.05, 0.1) is 0 Å². The Morgan fingerprint density at radius 3 is 2.47 bits per heavy atom. The summed E-state index contributed by atoms with van der Waals surface area (Å²) in [6, 6.07) is 10.7. The second-order valence-corrected chi connectivity index (χ2v) is 4.83. The molecule has 0 aliphatic carbocycles. The molecule has 2 aromatic rings. The molecule has 0 aliphatic heterocycles. The zero-order valence-corrected chi connectivity index (χ0v) is 11.2. The predicted octanol–water partition coefficient (Wildman–Crippen LogP) is 4.47. The van der Waals surface area contributed by atoms with Crippen molar-refractivity contribution in [1.82, 2.24) is 5.32 Å². The maximum absolute atomic E-state index is 13.5. The van der Waals surface area contributed by atoms with Gasteiger partial charge in [-0.1, -0.05) is 23.7 Å². The van der Waals surface area contributed by atoms with Crippen LogP contribution in [-0.4, -0.2) is 0 Å². The minimum absolute atomic E-state index is 0.000943. The summed E-state index contributed by atoms with van der Waals surface area (Å²) in [5, 5.41) is 3.69. The van der Waals surface area contributed by atoms with E-state index < -0.39 is 0 Å². The fourth-order valence-corrected chi connectivity index (χ4v) is 2.01. The molecule has 4 heteroatoms. The Bertz CT molecular complexity index is 555. The Kier molecular flexibility index (Phi) is 4.51. The van der Waals surface area contributed by atoms with Crippen LogP contribution in [-0.2, 0) is 6.54 Å². The number of hydrogen-bond donors (Lipinski definition) is 1. The normalized spacial score (nSPS) is 12.4. The van der Waals surface area contributed by atoms with Crippen molar-refractivity contribution in [3.8, 4) is 0 Å². The number of nitrogens with one attached hydrogen (secondary N) is 1. The smallest absolute Gasteiger partial charge is 0.127 e. The minimum Gasteiger partial charge on any atom is -0.306 e. The second-order valence-electron chi connectivity index (χ2n) is 4.39. The molecule has 0 unspecified atom stereocenters. The molecule has 100 valence electrons. The first-order valence-electron chi connectivity index (χ1n) is 5.99. The maximum atomic E-state index is 13.5. The topological polar surface area (TPSA) is 12.0 Å². The van der Waals surface area contributed by atoms with Crippen LogP contribution in [0, 0.1) is 11.6 Å². The molecular formula is C15H14ClF2N. The zero-order valence-electron chi connectivity index (χ0n) is 10.5. The van der Waals surface area contributed by atoms with Gasteiger partial charge in [0.25, 0.3) is 0 Å². The van der Waals surface area contributed by atoms with Crippen molar-refractivity contribution in [3.05, 3.63) is 70.2 Å². The van der Waals surface area contributed by atoms with E-state index in [2.05, 4.69) is 5.32 Å². The van der Waals surface area contributed by atoms with Gasteiger partial charge >= 0.3 is 0 Å². The van der Waals surface area contributed by atoms with Gasteiger partial charge in [0.15, 0.2) is 0 Å². The number of halogens is 3. The van der Waals surface area contributed by atoms with Gasteiger partial charge in [-0.15, -0.1) is 0 Å². The van der Waals surface area contributed by atoms with E-state index in [9.17, 15) is 8.78 Å². The van der Waals surface area contributed by atoms with Gasteiger partial charge in [-0.2, -0.15) is 0 Å². The van der Waals surface area contributed by atoms with E-state index in [1.165, 1.54) is 24.3 Å². The summed E-state index contributed by atoms with van der Waals surface area (Å²) < 4.78 is 26.3. The van der Waals surface area contributed by atoms with Crippen LogP contribution in [0.5, 0.6) is 0 Å². The van der Waals surface area contributed by atoms with Crippen LogP contribution in [0.4, 0.5) is 8.78 Å². The van der Waals surface area contributed by atoms with Crippen molar-refractivity contribution in [2.75, 3.05) is 0 Å². The van der Waals surface area contributed by atoms with Crippen LogP contribution in [0.15, 0.2) is 42.5 Å². The first-order chi connectivity index (χ1) is 9.06. The van der Waals surface area contributed by atoms with Gasteiger partial charge in [-0.05, 0) is 42.8 Å². The Hall–Kier alpha value is -1.45. The Morgan fingerprint density at radius 2 is 1.79 bits per heavy atom. The van der Waals surface area contributed by atoms with Crippen LogP contribution in [0.1, 0.15) is 24.1 Å². The van der Waals surface area contributed by atoms with Gasteiger partial charge in [-0.25, -0.2) is 8.78 Å². The summed E-state index contributed by atoms with van der Waals surface area (Å²) in [6.45, 7) is 2.31. The molecule has 0 heterocycles. The van der Waals surface area contributed by atoms with E-state index in [-0.39, 0.29) is 17.7 Å². The van der Waals surface area contributed by atoms with Gasteiger partial charge in [-0.3, -0.25) is 0 Å². The summed E-state index contributed by atoms with van der Waals surface area (Å²) in [5.74, 6) is -0.556. The zero-order chi connectivity index (χ0) is 13.8. The molecule has 1 atom stereocenters. The van der Waals surface area contributed by atoms with E-state index in [0.29, 0.717) is 17.1 Å². The third-order valence-corrected chi connectivity index (χ3v) is 3.21. The van der Waals surface area contributed by atoms with Crippen LogP contribution in [0.2, 0.25) is 5.02 Å². The molecule has 0 saturated heterocycles. The summed E-state index contributed by atoms with van der Waals surface area (Å²) >= 11 is 5.83. The summed E-state index contributed by atoms with van der Waals surface area (Å²) in [4.78, 5) is 0. The van der Waals surface area contributed by atoms with E-state index in [1.54, 1.807) is 18.2 Å². The van der Waals surface area contributed by atoms with Crippen LogP contribution < -0.4 is 5.32 Å². The van der Waals surface area contributed by atoms with Crippen molar-refractivity contribution in [2.45, 2.75) is 19.5 Å². The second kappa shape index (κ2) is 6.13. The van der Waals surface area contributed by atoms with Gasteiger partial charge in [0.2, 0.25) is 0 Å². The van der Waals surface area contributed by atoms with Crippen molar-refractivity contribution in [2.24, 2.45) is 0 Å². The summed E-state index contributed by atoms with van der Waals surface area (Å²) in [7, 11) is 0. The highest BCUT2D eigenvalue weighted by atomic mass is 35.5. The van der Waals surface area contributed by atoms with Gasteiger partial charge < -0.3 is 5.32 Å². The van der Waals surface area contributed by atoms with E-state index in [1.807, 2.05) is 6.92 Å². The monoisotopic (exact) mass is 281 g/mol. The van der Waals surface area contributed by atoms with Crippen molar-refractivity contribution >= 4 is 11.6 Å². The van der Waals surface area contributed by atoms with Crippen LogP contribution >= 0.6 is 11.6 Å². The summed E-state index contributed by atoms with van der Waals surface area (Å²) in [6.07, 6.45) is 0. The van der Waals surface area contributed by atoms with Crippen molar-refractivity contribution in [1.29, 1.82) is 0 Å². The Labute approximate surface area is 116 Å². The molecule has 0 aromatic heterocycles. The largest absolute Gasteiger partial charge is 0.306 e. The van der Waals surface area contributed by atoms with Crippen molar-refractivity contribution in [3.63, 3.8) is 0 Å². The predicted molar refractivity (Wildman–Crippen MR) is 73.1 cm³/mol. The SMILES string of the molecule is C[C@H](NCc1cc(Cl)ccc1F)c1ccc(F)cc1. The molecule has 0 radical (unpaired) electrons. The standard InChI is InChI=1S/C15H14ClF2N/c1-10(11-2-5-14(17)6-3-11)19-9-12-8-13(16)4-7-15(12)18/h2-8,10,19H,9H2,1H3/t10-/m0/s1. The highest BCUT2D eigenvalue weighted by Gasteiger charge is 2.07. The molecule has 0 aliphatic rings. The van der Waals surface area contributed by atoms with Crippen molar-refractivity contribution < 1.29 is 8.78 Å². The number of hydrogen-bond acceptors (Lipinski definition) is 1. The Balaban J connectivity index is 2.02. The first kappa shape index (κ1) is 14.0. The number of benzene rings is 2. The van der Waals surface area contributed by atoms with Gasteiger partial charge in [0, 0.05) is 23.2 Å². The molecule has 2 aromatic carbocycles. The van der Waals surface area contributed by atoms with Crippen LogP contribution in [0.3, 0.4) is 0 Å². The molecule has 0 amide bonds. The lowest BCUT2D eigenvalue weighted by Crippen LogP contribution is -2.18. The highest BCUT2D eigenvalue weighted by Crippen LogP contribution is 2.17. The average Bonchev–Trinajstić information content (AvgIpc) is 2.40. The first-order valence-corrected chi connectivity index (χ1v) is 6.37. The molecule has 2 rings (SSSR count). The Morgan fingerprint density at radius 1 is 1.11 bits per heavy atom.